The Morgan fingerprint density at radius 1 is 1.47 bits per heavy atom. The zero-order chi connectivity index (χ0) is 10.8. The summed E-state index contributed by atoms with van der Waals surface area (Å²) >= 11 is 10.7. The fourth-order valence-corrected chi connectivity index (χ4v) is 2.39. The molecule has 0 fully saturated rings. The Morgan fingerprint density at radius 3 is 2.93 bits per heavy atom. The lowest BCUT2D eigenvalue weighted by atomic mass is 10.2. The topological polar surface area (TPSA) is 24.9 Å². The molecule has 0 saturated heterocycles. The number of nitrogens with zero attached hydrogens (tertiary/aromatic N) is 1. The van der Waals surface area contributed by atoms with Gasteiger partial charge in [-0.25, -0.2) is 4.98 Å². The molecule has 2 nitrogen and oxygen atoms in total. The molecule has 2 rings (SSSR count). The number of benzene rings is 1. The summed E-state index contributed by atoms with van der Waals surface area (Å²) < 4.78 is 1.08. The molecule has 0 atom stereocenters. The van der Waals surface area contributed by atoms with Gasteiger partial charge < -0.3 is 5.32 Å². The summed E-state index contributed by atoms with van der Waals surface area (Å²) in [7, 11) is 0. The molecule has 0 radical (unpaired) electrons. The molecule has 5 heteroatoms. The predicted octanol–water partition coefficient (Wildman–Crippen LogP) is 4.61. The first kappa shape index (κ1) is 10.9. The molecule has 0 amide bonds. The summed E-state index contributed by atoms with van der Waals surface area (Å²) in [4.78, 5) is 4.13. The summed E-state index contributed by atoms with van der Waals surface area (Å²) in [5, 5.41) is 6.36. The molecule has 0 saturated carbocycles. The quantitative estimate of drug-likeness (QED) is 0.876. The van der Waals surface area contributed by atoms with E-state index in [-0.39, 0.29) is 0 Å². The summed E-state index contributed by atoms with van der Waals surface area (Å²) in [5.74, 6) is 0. The highest BCUT2D eigenvalue weighted by atomic mass is 79.9. The van der Waals surface area contributed by atoms with Crippen LogP contribution in [0.2, 0.25) is 5.15 Å². The van der Waals surface area contributed by atoms with Crippen LogP contribution in [0.25, 0.3) is 0 Å². The smallest absolute Gasteiger partial charge is 0.188 e. The van der Waals surface area contributed by atoms with Crippen LogP contribution in [0, 0.1) is 6.92 Å². The van der Waals surface area contributed by atoms with Gasteiger partial charge in [0.15, 0.2) is 5.13 Å². The highest BCUT2D eigenvalue weighted by Crippen LogP contribution is 2.28. The SMILES string of the molecule is Cc1c(Br)cccc1Nc1nc(Cl)cs1. The van der Waals surface area contributed by atoms with Gasteiger partial charge in [-0.15, -0.1) is 11.3 Å². The van der Waals surface area contributed by atoms with E-state index in [9.17, 15) is 0 Å². The van der Waals surface area contributed by atoms with E-state index < -0.39 is 0 Å². The minimum absolute atomic E-state index is 0.523. The molecule has 15 heavy (non-hydrogen) atoms. The van der Waals surface area contributed by atoms with Gasteiger partial charge in [0.1, 0.15) is 5.15 Å². The lowest BCUT2D eigenvalue weighted by Crippen LogP contribution is -1.92. The summed E-state index contributed by atoms with van der Waals surface area (Å²) in [5.41, 5.74) is 2.19. The highest BCUT2D eigenvalue weighted by molar-refractivity contribution is 9.10. The Bertz CT molecular complexity index is 484. The van der Waals surface area contributed by atoms with E-state index in [4.69, 9.17) is 11.6 Å². The van der Waals surface area contributed by atoms with Gasteiger partial charge in [0.05, 0.1) is 0 Å². The minimum atomic E-state index is 0.523. The number of hydrogen-bond donors (Lipinski definition) is 1. The molecule has 0 bridgehead atoms. The summed E-state index contributed by atoms with van der Waals surface area (Å²) in [6, 6.07) is 6.00. The first-order valence-electron chi connectivity index (χ1n) is 4.30. The van der Waals surface area contributed by atoms with Crippen molar-refractivity contribution in [3.63, 3.8) is 0 Å². The second-order valence-electron chi connectivity index (χ2n) is 3.01. The highest BCUT2D eigenvalue weighted by Gasteiger charge is 2.04. The average Bonchev–Trinajstić information content (AvgIpc) is 2.59. The zero-order valence-electron chi connectivity index (χ0n) is 7.92. The van der Waals surface area contributed by atoms with Gasteiger partial charge >= 0.3 is 0 Å². The van der Waals surface area contributed by atoms with E-state index in [1.54, 1.807) is 5.38 Å². The largest absolute Gasteiger partial charge is 0.331 e. The second-order valence-corrected chi connectivity index (χ2v) is 5.11. The fraction of sp³-hybridized carbons (Fsp3) is 0.100. The van der Waals surface area contributed by atoms with Crippen LogP contribution in [-0.2, 0) is 0 Å². The van der Waals surface area contributed by atoms with Gasteiger partial charge in [-0.3, -0.25) is 0 Å². The van der Waals surface area contributed by atoms with Gasteiger partial charge in [0.25, 0.3) is 0 Å². The van der Waals surface area contributed by atoms with E-state index in [0.29, 0.717) is 5.15 Å². The zero-order valence-corrected chi connectivity index (χ0v) is 11.1. The van der Waals surface area contributed by atoms with Crippen molar-refractivity contribution in [2.24, 2.45) is 0 Å². The van der Waals surface area contributed by atoms with Crippen molar-refractivity contribution in [1.29, 1.82) is 0 Å². The van der Waals surface area contributed by atoms with Crippen molar-refractivity contribution in [3.05, 3.63) is 38.8 Å². The monoisotopic (exact) mass is 302 g/mol. The first-order chi connectivity index (χ1) is 7.16. The van der Waals surface area contributed by atoms with Crippen LogP contribution in [0.1, 0.15) is 5.56 Å². The Kier molecular flexibility index (Phi) is 3.29. The van der Waals surface area contributed by atoms with Crippen molar-refractivity contribution >= 4 is 49.7 Å². The third-order valence-corrected chi connectivity index (χ3v) is 3.93. The number of rotatable bonds is 2. The van der Waals surface area contributed by atoms with Crippen molar-refractivity contribution in [3.8, 4) is 0 Å². The summed E-state index contributed by atoms with van der Waals surface area (Å²) in [6.07, 6.45) is 0. The maximum absolute atomic E-state index is 5.75. The van der Waals surface area contributed by atoms with Crippen LogP contribution in [-0.4, -0.2) is 4.98 Å². The molecule has 1 aromatic heterocycles. The van der Waals surface area contributed by atoms with Crippen molar-refractivity contribution in [2.75, 3.05) is 5.32 Å². The fourth-order valence-electron chi connectivity index (χ4n) is 1.17. The molecule has 0 aliphatic carbocycles. The molecular formula is C10H8BrClN2S. The van der Waals surface area contributed by atoms with Crippen molar-refractivity contribution in [1.82, 2.24) is 4.98 Å². The van der Waals surface area contributed by atoms with Crippen LogP contribution in [0.4, 0.5) is 10.8 Å². The lowest BCUT2D eigenvalue weighted by molar-refractivity contribution is 1.35. The van der Waals surface area contributed by atoms with Gasteiger partial charge in [-0.2, -0.15) is 0 Å². The molecule has 1 N–H and O–H groups in total. The third kappa shape index (κ3) is 2.51. The third-order valence-electron chi connectivity index (χ3n) is 1.99. The minimum Gasteiger partial charge on any atom is -0.331 e. The van der Waals surface area contributed by atoms with Crippen LogP contribution in [0.15, 0.2) is 28.1 Å². The van der Waals surface area contributed by atoms with Crippen LogP contribution in [0.3, 0.4) is 0 Å². The van der Waals surface area contributed by atoms with Gasteiger partial charge in [-0.1, -0.05) is 33.6 Å². The summed E-state index contributed by atoms with van der Waals surface area (Å²) in [6.45, 7) is 2.04. The Morgan fingerprint density at radius 2 is 2.27 bits per heavy atom. The number of aromatic nitrogens is 1. The molecule has 1 aromatic carbocycles. The maximum Gasteiger partial charge on any atom is 0.188 e. The van der Waals surface area contributed by atoms with E-state index in [0.717, 1.165) is 20.9 Å². The van der Waals surface area contributed by atoms with Gasteiger partial charge in [0, 0.05) is 15.5 Å². The van der Waals surface area contributed by atoms with E-state index in [1.165, 1.54) is 11.3 Å². The predicted molar refractivity (Wildman–Crippen MR) is 69.3 cm³/mol. The molecular weight excluding hydrogens is 296 g/mol. The Hall–Kier alpha value is -0.580. The number of halogens is 2. The number of anilines is 2. The molecule has 0 aliphatic heterocycles. The van der Waals surface area contributed by atoms with E-state index >= 15 is 0 Å². The van der Waals surface area contributed by atoms with E-state index in [2.05, 4.69) is 26.2 Å². The standard InChI is InChI=1S/C10H8BrClN2S/c1-6-7(11)3-2-4-8(6)13-10-14-9(12)5-15-10/h2-5H,1H3,(H,13,14). The normalized spacial score (nSPS) is 10.3. The van der Waals surface area contributed by atoms with Gasteiger partial charge in [0.2, 0.25) is 0 Å². The molecule has 0 spiro atoms. The van der Waals surface area contributed by atoms with Gasteiger partial charge in [-0.05, 0) is 24.6 Å². The van der Waals surface area contributed by atoms with E-state index in [1.807, 2.05) is 25.1 Å². The van der Waals surface area contributed by atoms with Crippen molar-refractivity contribution < 1.29 is 0 Å². The lowest BCUT2D eigenvalue weighted by Gasteiger charge is -2.07. The number of hydrogen-bond acceptors (Lipinski definition) is 3. The number of nitrogens with one attached hydrogen (secondary N) is 1. The molecule has 78 valence electrons. The van der Waals surface area contributed by atoms with Crippen LogP contribution >= 0.6 is 38.9 Å². The van der Waals surface area contributed by atoms with Crippen LogP contribution < -0.4 is 5.32 Å². The van der Waals surface area contributed by atoms with Crippen molar-refractivity contribution in [2.45, 2.75) is 6.92 Å². The maximum atomic E-state index is 5.75. The second kappa shape index (κ2) is 4.51. The first-order valence-corrected chi connectivity index (χ1v) is 6.35. The van der Waals surface area contributed by atoms with Crippen LogP contribution in [0.5, 0.6) is 0 Å². The Balaban J connectivity index is 2.28. The molecule has 0 aliphatic rings. The molecule has 1 heterocycles. The Labute approximate surface area is 105 Å². The molecule has 0 unspecified atom stereocenters. The number of thiazole rings is 1. The average molecular weight is 304 g/mol. The molecule has 2 aromatic rings.